The van der Waals surface area contributed by atoms with E-state index in [-0.39, 0.29) is 32.2 Å². The lowest BCUT2D eigenvalue weighted by molar-refractivity contribution is -0.870. The number of rotatable bonds is 69. The average Bonchev–Trinajstić information content (AvgIpc) is 3.50. The summed E-state index contributed by atoms with van der Waals surface area (Å²) in [7, 11) is 5.98. The minimum absolute atomic E-state index is 0.182. The lowest BCUT2D eigenvalue weighted by Crippen LogP contribution is -2.40. The number of nitrogens with zero attached hydrogens (tertiary/aromatic N) is 1. The molecule has 9 nitrogen and oxygen atoms in total. The molecule has 0 bridgehead atoms. The number of esters is 2. The van der Waals surface area contributed by atoms with E-state index in [2.05, 4.69) is 86.8 Å². The summed E-state index contributed by atoms with van der Waals surface area (Å²) in [4.78, 5) is 37.6. The van der Waals surface area contributed by atoms with Crippen LogP contribution < -0.4 is 0 Å². The van der Waals surface area contributed by atoms with Gasteiger partial charge < -0.3 is 28.5 Å². The van der Waals surface area contributed by atoms with E-state index < -0.39 is 24.3 Å². The Morgan fingerprint density at radius 2 is 0.655 bits per heavy atom. The maximum atomic E-state index is 12.9. The molecule has 0 aromatic carbocycles. The zero-order valence-corrected chi connectivity index (χ0v) is 57.9. The minimum Gasteiger partial charge on any atom is -0.477 e. The quantitative estimate of drug-likeness (QED) is 0.0211. The summed E-state index contributed by atoms with van der Waals surface area (Å²) in [5, 5.41) is 9.75. The lowest BCUT2D eigenvalue weighted by atomic mass is 10.0. The summed E-state index contributed by atoms with van der Waals surface area (Å²) in [5.41, 5.74) is 0. The molecule has 0 fully saturated rings. The van der Waals surface area contributed by atoms with Crippen molar-refractivity contribution < 1.29 is 42.9 Å². The summed E-state index contributed by atoms with van der Waals surface area (Å²) in [6.45, 7) is 4.79. The predicted octanol–water partition coefficient (Wildman–Crippen LogP) is 23.3. The van der Waals surface area contributed by atoms with Gasteiger partial charge in [-0.05, 0) is 83.5 Å². The number of carboxylic acids is 1. The third-order valence-corrected chi connectivity index (χ3v) is 16.4. The maximum Gasteiger partial charge on any atom is 0.361 e. The number of ether oxygens (including phenoxy) is 4. The number of hydrogen-bond acceptors (Lipinski definition) is 7. The molecule has 0 heterocycles. The highest BCUT2D eigenvalue weighted by Crippen LogP contribution is 2.19. The summed E-state index contributed by atoms with van der Waals surface area (Å²) < 4.78 is 23.0. The third kappa shape index (κ3) is 70.1. The van der Waals surface area contributed by atoms with Gasteiger partial charge in [-0.1, -0.05) is 324 Å². The Hall–Kier alpha value is -3.27. The second-order valence-corrected chi connectivity index (χ2v) is 26.2. The van der Waals surface area contributed by atoms with Crippen molar-refractivity contribution in [2.24, 2.45) is 0 Å². The number of quaternary nitrogens is 1. The number of carboxylic acid groups (broad SMARTS) is 1. The number of carbonyl (C=O) groups is 3. The van der Waals surface area contributed by atoms with Crippen LogP contribution in [0.3, 0.4) is 0 Å². The van der Waals surface area contributed by atoms with Crippen LogP contribution >= 0.6 is 0 Å². The molecular formula is C78H142NO8+. The molecule has 0 rings (SSSR count). The molecule has 0 aliphatic carbocycles. The zero-order valence-electron chi connectivity index (χ0n) is 57.9. The fourth-order valence-electron chi connectivity index (χ4n) is 10.8. The summed E-state index contributed by atoms with van der Waals surface area (Å²) in [5.74, 6) is -1.99. The van der Waals surface area contributed by atoms with Crippen LogP contribution in [-0.2, 0) is 33.3 Å². The van der Waals surface area contributed by atoms with Crippen molar-refractivity contribution in [3.63, 3.8) is 0 Å². The average molecular weight is 1220 g/mol. The third-order valence-electron chi connectivity index (χ3n) is 16.4. The molecule has 87 heavy (non-hydrogen) atoms. The topological polar surface area (TPSA) is 108 Å². The van der Waals surface area contributed by atoms with Crippen molar-refractivity contribution in [3.8, 4) is 0 Å². The van der Waals surface area contributed by atoms with Crippen molar-refractivity contribution >= 4 is 17.9 Å². The first kappa shape index (κ1) is 83.7. The van der Waals surface area contributed by atoms with Gasteiger partial charge >= 0.3 is 17.9 Å². The molecule has 0 aromatic heterocycles. The Morgan fingerprint density at radius 3 is 0.977 bits per heavy atom. The Kier molecular flexibility index (Phi) is 66.1. The van der Waals surface area contributed by atoms with E-state index in [0.717, 1.165) is 77.0 Å². The largest absolute Gasteiger partial charge is 0.477 e. The standard InChI is InChI=1S/C78H141NO8/c1-6-8-10-12-14-16-18-20-22-24-26-28-30-31-32-33-34-35-36-37-38-39-40-41-42-43-44-45-47-48-50-52-54-56-58-60-62-64-66-68-75(80)85-72-74(73-86-78(77(82)83)84-71-70-79(3,4)5)87-76(81)69-67-65-63-61-59-57-55-53-51-49-46-29-27-25-23-21-19-17-15-13-11-9-7-2/h9,11,15,17-18,20-21,23-24,26-27,29,74,78H,6-8,10,12-14,16,19,22,25,28,30-73H2,1-5H3/p+1/b11-9-,17-15-,20-18-,23-21-,26-24-,29-27-. The van der Waals surface area contributed by atoms with Gasteiger partial charge in [0.05, 0.1) is 34.4 Å². The molecule has 506 valence electrons. The second-order valence-electron chi connectivity index (χ2n) is 26.2. The van der Waals surface area contributed by atoms with Crippen molar-refractivity contribution in [1.29, 1.82) is 0 Å². The van der Waals surface area contributed by atoms with Gasteiger partial charge in [0.1, 0.15) is 13.2 Å². The first-order valence-corrected chi connectivity index (χ1v) is 37.1. The first-order chi connectivity index (χ1) is 42.6. The molecule has 0 saturated heterocycles. The van der Waals surface area contributed by atoms with E-state index in [1.165, 1.54) is 238 Å². The van der Waals surface area contributed by atoms with Crippen molar-refractivity contribution in [1.82, 2.24) is 0 Å². The second kappa shape index (κ2) is 68.6. The van der Waals surface area contributed by atoms with Crippen molar-refractivity contribution in [3.05, 3.63) is 72.9 Å². The molecule has 1 N–H and O–H groups in total. The van der Waals surface area contributed by atoms with Gasteiger partial charge in [0, 0.05) is 12.8 Å². The van der Waals surface area contributed by atoms with Crippen LogP contribution in [0.1, 0.15) is 348 Å². The zero-order chi connectivity index (χ0) is 63.3. The van der Waals surface area contributed by atoms with Crippen LogP contribution in [0.4, 0.5) is 0 Å². The van der Waals surface area contributed by atoms with Crippen LogP contribution in [0.5, 0.6) is 0 Å². The molecule has 0 saturated carbocycles. The van der Waals surface area contributed by atoms with E-state index in [1.54, 1.807) is 0 Å². The first-order valence-electron chi connectivity index (χ1n) is 37.1. The van der Waals surface area contributed by atoms with Crippen LogP contribution in [0.25, 0.3) is 0 Å². The molecule has 9 heteroatoms. The number of aliphatic carboxylic acids is 1. The number of allylic oxidation sites excluding steroid dienone is 12. The predicted molar refractivity (Wildman–Crippen MR) is 373 cm³/mol. The van der Waals surface area contributed by atoms with E-state index in [1.807, 2.05) is 21.1 Å². The summed E-state index contributed by atoms with van der Waals surface area (Å²) >= 11 is 0. The normalized spacial score (nSPS) is 13.1. The Balaban J connectivity index is 3.97. The number of likely N-dealkylation sites (N-methyl/N-ethyl adjacent to an activating group) is 1. The van der Waals surface area contributed by atoms with Crippen LogP contribution in [0.15, 0.2) is 72.9 Å². The number of unbranched alkanes of at least 4 members (excludes halogenated alkanes) is 42. The highest BCUT2D eigenvalue weighted by Gasteiger charge is 2.25. The molecule has 0 aliphatic heterocycles. The molecular weight excluding hydrogens is 1080 g/mol. The molecule has 0 aromatic rings. The monoisotopic (exact) mass is 1220 g/mol. The molecule has 0 radical (unpaired) electrons. The van der Waals surface area contributed by atoms with E-state index in [9.17, 15) is 19.5 Å². The minimum atomic E-state index is -1.51. The van der Waals surface area contributed by atoms with Crippen LogP contribution in [-0.4, -0.2) is 87.4 Å². The van der Waals surface area contributed by atoms with Gasteiger partial charge in [0.2, 0.25) is 0 Å². The van der Waals surface area contributed by atoms with Gasteiger partial charge in [-0.15, -0.1) is 0 Å². The fourth-order valence-corrected chi connectivity index (χ4v) is 10.8. The molecule has 0 aliphatic rings. The van der Waals surface area contributed by atoms with E-state index in [4.69, 9.17) is 18.9 Å². The molecule has 0 spiro atoms. The summed E-state index contributed by atoms with van der Waals surface area (Å²) in [6, 6.07) is 0. The smallest absolute Gasteiger partial charge is 0.361 e. The van der Waals surface area contributed by atoms with Gasteiger partial charge in [-0.25, -0.2) is 4.79 Å². The van der Waals surface area contributed by atoms with E-state index in [0.29, 0.717) is 23.9 Å². The fraction of sp³-hybridized carbons (Fsp3) is 0.808. The molecule has 0 amide bonds. The van der Waals surface area contributed by atoms with Crippen molar-refractivity contribution in [2.45, 2.75) is 360 Å². The Labute approximate surface area is 538 Å². The highest BCUT2D eigenvalue weighted by molar-refractivity contribution is 5.71. The maximum absolute atomic E-state index is 12.9. The number of hydrogen-bond donors (Lipinski definition) is 1. The van der Waals surface area contributed by atoms with Gasteiger partial charge in [-0.2, -0.15) is 0 Å². The Morgan fingerprint density at radius 1 is 0.356 bits per heavy atom. The SMILES string of the molecule is CC/C=C\C/C=C\C/C=C\C/C=C\CCCCCCCCCCCCC(=O)OC(COC(=O)CCCCCCCCCCCCCCCCCCCCCCCCCCCCC/C=C\C/C=C\CCCCCCC)COC(OCC[N+](C)(C)C)C(=O)O. The molecule has 2 unspecified atom stereocenters. The van der Waals surface area contributed by atoms with Crippen LogP contribution in [0.2, 0.25) is 0 Å². The lowest BCUT2D eigenvalue weighted by Gasteiger charge is -2.25. The van der Waals surface area contributed by atoms with Gasteiger partial charge in [0.15, 0.2) is 6.10 Å². The van der Waals surface area contributed by atoms with Crippen molar-refractivity contribution in [2.75, 3.05) is 47.5 Å². The number of carbonyl (C=O) groups excluding carboxylic acids is 2. The van der Waals surface area contributed by atoms with Gasteiger partial charge in [-0.3, -0.25) is 9.59 Å². The van der Waals surface area contributed by atoms with E-state index >= 15 is 0 Å². The summed E-state index contributed by atoms with van der Waals surface area (Å²) in [6.07, 6.45) is 89.0. The van der Waals surface area contributed by atoms with Crippen LogP contribution in [0, 0.1) is 0 Å². The molecule has 2 atom stereocenters. The van der Waals surface area contributed by atoms with Gasteiger partial charge in [0.25, 0.3) is 6.29 Å². The Bertz CT molecular complexity index is 1660. The highest BCUT2D eigenvalue weighted by atomic mass is 16.7.